The van der Waals surface area contributed by atoms with Crippen molar-refractivity contribution in [2.24, 2.45) is 0 Å². The highest BCUT2D eigenvalue weighted by molar-refractivity contribution is 7.11. The van der Waals surface area contributed by atoms with Crippen LogP contribution in [0.5, 0.6) is 0 Å². The largest absolute Gasteiger partial charge is 0.380 e. The normalized spacial score (nSPS) is 11.6. The van der Waals surface area contributed by atoms with Crippen molar-refractivity contribution in [2.75, 3.05) is 5.32 Å². The summed E-state index contributed by atoms with van der Waals surface area (Å²) in [5.74, 6) is 0. The molecule has 0 radical (unpaired) electrons. The molecule has 2 rings (SSSR count). The maximum absolute atomic E-state index is 4.53. The molecule has 2 aromatic rings. The van der Waals surface area contributed by atoms with Crippen molar-refractivity contribution in [2.45, 2.75) is 58.9 Å². The highest BCUT2D eigenvalue weighted by atomic mass is 32.1. The standard InChI is InChI=1S/C18H26N2S/c1-5-6-7-14-8-10-15(11-9-14)19-12-16-13-20-17(21-16)18(2,3)4/h8-11,13,19H,5-7,12H2,1-4H3. The molecule has 1 aromatic carbocycles. The Bertz CT molecular complexity index is 549. The zero-order valence-electron chi connectivity index (χ0n) is 13.6. The molecule has 0 saturated carbocycles. The van der Waals surface area contributed by atoms with Gasteiger partial charge in [0.15, 0.2) is 0 Å². The molecular formula is C18H26N2S. The first-order chi connectivity index (χ1) is 9.99. The summed E-state index contributed by atoms with van der Waals surface area (Å²) in [6.45, 7) is 9.70. The lowest BCUT2D eigenvalue weighted by Crippen LogP contribution is -2.09. The molecule has 0 spiro atoms. The van der Waals surface area contributed by atoms with Crippen LogP contribution in [0.2, 0.25) is 0 Å². The second-order valence-corrected chi connectivity index (χ2v) is 7.65. The Balaban J connectivity index is 1.89. The number of rotatable bonds is 6. The first kappa shape index (κ1) is 16.0. The average molecular weight is 302 g/mol. The fourth-order valence-electron chi connectivity index (χ4n) is 2.10. The van der Waals surface area contributed by atoms with Gasteiger partial charge in [-0.25, -0.2) is 4.98 Å². The van der Waals surface area contributed by atoms with Crippen LogP contribution in [0, 0.1) is 0 Å². The van der Waals surface area contributed by atoms with Crippen molar-refractivity contribution in [3.63, 3.8) is 0 Å². The van der Waals surface area contributed by atoms with Crippen molar-refractivity contribution < 1.29 is 0 Å². The van der Waals surface area contributed by atoms with Gasteiger partial charge in [0.1, 0.15) is 0 Å². The van der Waals surface area contributed by atoms with Crippen LogP contribution in [-0.4, -0.2) is 4.98 Å². The minimum Gasteiger partial charge on any atom is -0.380 e. The molecule has 21 heavy (non-hydrogen) atoms. The van der Waals surface area contributed by atoms with E-state index in [9.17, 15) is 0 Å². The molecule has 1 N–H and O–H groups in total. The summed E-state index contributed by atoms with van der Waals surface area (Å²) in [7, 11) is 0. The predicted octanol–water partition coefficient (Wildman–Crippen LogP) is 5.40. The number of nitrogens with zero attached hydrogens (tertiary/aromatic N) is 1. The molecule has 3 heteroatoms. The molecule has 0 aliphatic heterocycles. The zero-order chi connectivity index (χ0) is 15.3. The Hall–Kier alpha value is -1.35. The highest BCUT2D eigenvalue weighted by Gasteiger charge is 2.17. The third kappa shape index (κ3) is 4.85. The van der Waals surface area contributed by atoms with Crippen LogP contribution in [0.1, 0.15) is 56.0 Å². The van der Waals surface area contributed by atoms with E-state index in [1.165, 1.54) is 40.4 Å². The van der Waals surface area contributed by atoms with Gasteiger partial charge in [0, 0.05) is 22.2 Å². The molecule has 0 fully saturated rings. The average Bonchev–Trinajstić information content (AvgIpc) is 2.93. The smallest absolute Gasteiger partial charge is 0.0981 e. The predicted molar refractivity (Wildman–Crippen MR) is 93.2 cm³/mol. The van der Waals surface area contributed by atoms with E-state index in [1.807, 2.05) is 6.20 Å². The number of nitrogens with one attached hydrogen (secondary N) is 1. The highest BCUT2D eigenvalue weighted by Crippen LogP contribution is 2.27. The summed E-state index contributed by atoms with van der Waals surface area (Å²) in [6, 6.07) is 8.81. The van der Waals surface area contributed by atoms with Gasteiger partial charge in [-0.1, -0.05) is 46.2 Å². The first-order valence-corrected chi connectivity index (χ1v) is 8.58. The molecule has 0 bridgehead atoms. The molecule has 0 saturated heterocycles. The van der Waals surface area contributed by atoms with Gasteiger partial charge in [0.2, 0.25) is 0 Å². The number of hydrogen-bond acceptors (Lipinski definition) is 3. The summed E-state index contributed by atoms with van der Waals surface area (Å²) in [5.41, 5.74) is 2.75. The lowest BCUT2D eigenvalue weighted by Gasteiger charge is -2.13. The molecule has 0 unspecified atom stereocenters. The van der Waals surface area contributed by atoms with Gasteiger partial charge < -0.3 is 5.32 Å². The Morgan fingerprint density at radius 1 is 1.14 bits per heavy atom. The van der Waals surface area contributed by atoms with Crippen LogP contribution in [0.3, 0.4) is 0 Å². The number of unbranched alkanes of at least 4 members (excludes halogenated alkanes) is 1. The second kappa shape index (κ2) is 7.08. The summed E-state index contributed by atoms with van der Waals surface area (Å²) in [5, 5.41) is 4.68. The van der Waals surface area contributed by atoms with E-state index in [-0.39, 0.29) is 5.41 Å². The van der Waals surface area contributed by atoms with Crippen LogP contribution in [0.25, 0.3) is 0 Å². The Morgan fingerprint density at radius 2 is 1.86 bits per heavy atom. The first-order valence-electron chi connectivity index (χ1n) is 7.77. The topological polar surface area (TPSA) is 24.9 Å². The molecule has 0 aliphatic carbocycles. The lowest BCUT2D eigenvalue weighted by molar-refractivity contribution is 0.585. The van der Waals surface area contributed by atoms with E-state index < -0.39 is 0 Å². The molecule has 2 nitrogen and oxygen atoms in total. The molecule has 1 aromatic heterocycles. The number of anilines is 1. The second-order valence-electron chi connectivity index (χ2n) is 6.54. The SMILES string of the molecule is CCCCc1ccc(NCc2cnc(C(C)(C)C)s2)cc1. The summed E-state index contributed by atoms with van der Waals surface area (Å²) in [4.78, 5) is 5.81. The zero-order valence-corrected chi connectivity index (χ0v) is 14.4. The van der Waals surface area contributed by atoms with Crippen molar-refractivity contribution in [3.05, 3.63) is 45.9 Å². The van der Waals surface area contributed by atoms with Crippen LogP contribution < -0.4 is 5.32 Å². The van der Waals surface area contributed by atoms with E-state index in [1.54, 1.807) is 11.3 Å². The Kier molecular flexibility index (Phi) is 5.40. The van der Waals surface area contributed by atoms with Gasteiger partial charge >= 0.3 is 0 Å². The van der Waals surface area contributed by atoms with E-state index in [2.05, 4.69) is 62.3 Å². The van der Waals surface area contributed by atoms with Crippen LogP contribution in [-0.2, 0) is 18.4 Å². The monoisotopic (exact) mass is 302 g/mol. The fraction of sp³-hybridized carbons (Fsp3) is 0.500. The fourth-order valence-corrected chi connectivity index (χ4v) is 3.01. The van der Waals surface area contributed by atoms with Crippen LogP contribution in [0.4, 0.5) is 5.69 Å². The molecular weight excluding hydrogens is 276 g/mol. The van der Waals surface area contributed by atoms with Gasteiger partial charge in [0.25, 0.3) is 0 Å². The summed E-state index contributed by atoms with van der Waals surface area (Å²) in [6.07, 6.45) is 5.69. The molecule has 0 atom stereocenters. The third-order valence-electron chi connectivity index (χ3n) is 3.43. The molecule has 0 aliphatic rings. The number of thiazole rings is 1. The van der Waals surface area contributed by atoms with Crippen molar-refractivity contribution in [1.82, 2.24) is 4.98 Å². The van der Waals surface area contributed by atoms with E-state index in [4.69, 9.17) is 0 Å². The van der Waals surface area contributed by atoms with Gasteiger partial charge in [-0.2, -0.15) is 0 Å². The number of benzene rings is 1. The van der Waals surface area contributed by atoms with Crippen LogP contribution >= 0.6 is 11.3 Å². The van der Waals surface area contributed by atoms with Crippen molar-refractivity contribution in [1.29, 1.82) is 0 Å². The maximum Gasteiger partial charge on any atom is 0.0981 e. The minimum absolute atomic E-state index is 0.143. The quantitative estimate of drug-likeness (QED) is 0.773. The van der Waals surface area contributed by atoms with Crippen molar-refractivity contribution in [3.8, 4) is 0 Å². The number of aromatic nitrogens is 1. The Morgan fingerprint density at radius 3 is 2.43 bits per heavy atom. The van der Waals surface area contributed by atoms with Gasteiger partial charge in [-0.3, -0.25) is 0 Å². The van der Waals surface area contributed by atoms with Gasteiger partial charge in [0.05, 0.1) is 11.6 Å². The van der Waals surface area contributed by atoms with Gasteiger partial charge in [-0.15, -0.1) is 11.3 Å². The maximum atomic E-state index is 4.53. The lowest BCUT2D eigenvalue weighted by atomic mass is 9.98. The molecule has 114 valence electrons. The Labute approximate surface area is 132 Å². The van der Waals surface area contributed by atoms with Crippen molar-refractivity contribution >= 4 is 17.0 Å². The summed E-state index contributed by atoms with van der Waals surface area (Å²) >= 11 is 1.80. The molecule has 0 amide bonds. The summed E-state index contributed by atoms with van der Waals surface area (Å²) < 4.78 is 0. The van der Waals surface area contributed by atoms with E-state index >= 15 is 0 Å². The number of aryl methyl sites for hydroxylation is 1. The number of hydrogen-bond donors (Lipinski definition) is 1. The van der Waals surface area contributed by atoms with Crippen LogP contribution in [0.15, 0.2) is 30.5 Å². The minimum atomic E-state index is 0.143. The molecule has 1 heterocycles. The van der Waals surface area contributed by atoms with E-state index in [0.29, 0.717) is 0 Å². The van der Waals surface area contributed by atoms with Gasteiger partial charge in [-0.05, 0) is 30.5 Å². The van der Waals surface area contributed by atoms with E-state index in [0.717, 1.165) is 6.54 Å². The third-order valence-corrected chi connectivity index (χ3v) is 4.86.